The van der Waals surface area contributed by atoms with Crippen molar-refractivity contribution in [3.63, 3.8) is 0 Å². The Morgan fingerprint density at radius 3 is 2.39 bits per heavy atom. The molecule has 38 heavy (non-hydrogen) atoms. The van der Waals surface area contributed by atoms with Gasteiger partial charge in [-0.15, -0.1) is 23.4 Å². The number of fused-ring (bicyclic) bond motifs is 1. The third kappa shape index (κ3) is 6.34. The fourth-order valence-corrected chi connectivity index (χ4v) is 3.44. The number of carboxylic acid groups (broad SMARTS) is 1. The predicted octanol–water partition coefficient (Wildman–Crippen LogP) is 4.14. The van der Waals surface area contributed by atoms with Crippen molar-refractivity contribution >= 4 is 34.9 Å². The first-order valence-electron chi connectivity index (χ1n) is 11.0. The van der Waals surface area contributed by atoms with Gasteiger partial charge in [-0.25, -0.2) is 4.79 Å². The molecule has 4 aromatic rings. The number of nitrogens with one attached hydrogen (secondary N) is 3. The molecule has 0 aliphatic carbocycles. The van der Waals surface area contributed by atoms with Crippen LogP contribution in [0.4, 0.5) is 29.3 Å². The summed E-state index contributed by atoms with van der Waals surface area (Å²) < 4.78 is 43.3. The van der Waals surface area contributed by atoms with E-state index in [0.29, 0.717) is 17.1 Å². The molecular weight excluding hydrogens is 509 g/mol. The molecule has 3 amide bonds. The van der Waals surface area contributed by atoms with Crippen LogP contribution in [0.3, 0.4) is 0 Å². The maximum Gasteiger partial charge on any atom is 0.573 e. The number of hydrogen-bond acceptors (Lipinski definition) is 6. The van der Waals surface area contributed by atoms with E-state index in [1.54, 1.807) is 40.9 Å². The highest BCUT2D eigenvalue weighted by Gasteiger charge is 2.32. The highest BCUT2D eigenvalue weighted by atomic mass is 19.4. The predicted molar refractivity (Wildman–Crippen MR) is 129 cm³/mol. The second-order valence-electron chi connectivity index (χ2n) is 7.74. The zero-order chi connectivity index (χ0) is 27.3. The molecule has 0 radical (unpaired) electrons. The minimum absolute atomic E-state index is 0.0425. The fraction of sp³-hybridized carbons (Fsp3) is 0.125. The van der Waals surface area contributed by atoms with Crippen LogP contribution in [0, 0.1) is 0 Å². The smallest absolute Gasteiger partial charge is 0.481 e. The van der Waals surface area contributed by atoms with Crippen LogP contribution in [-0.2, 0) is 4.79 Å². The van der Waals surface area contributed by atoms with E-state index < -0.39 is 30.0 Å². The molecule has 0 saturated heterocycles. The zero-order valence-corrected chi connectivity index (χ0v) is 19.3. The van der Waals surface area contributed by atoms with Gasteiger partial charge in [0.1, 0.15) is 0 Å². The minimum Gasteiger partial charge on any atom is -0.481 e. The molecule has 2 aromatic heterocycles. The van der Waals surface area contributed by atoms with E-state index in [9.17, 15) is 27.6 Å². The number of hydrogen-bond donors (Lipinski definition) is 4. The van der Waals surface area contributed by atoms with Crippen LogP contribution >= 0.6 is 0 Å². The first-order valence-corrected chi connectivity index (χ1v) is 11.0. The third-order valence-corrected chi connectivity index (χ3v) is 5.07. The van der Waals surface area contributed by atoms with E-state index in [0.717, 1.165) is 6.07 Å². The number of alkyl halides is 3. The van der Waals surface area contributed by atoms with Crippen molar-refractivity contribution in [2.75, 3.05) is 17.2 Å². The molecule has 0 aliphatic rings. The lowest BCUT2D eigenvalue weighted by Gasteiger charge is -2.14. The Kier molecular flexibility index (Phi) is 7.41. The summed E-state index contributed by atoms with van der Waals surface area (Å²) in [6, 6.07) is 13.9. The number of carboxylic acids is 1. The Balaban J connectivity index is 1.46. The van der Waals surface area contributed by atoms with Crippen LogP contribution in [0.25, 0.3) is 17.0 Å². The lowest BCUT2D eigenvalue weighted by molar-refractivity contribution is -0.274. The first kappa shape index (κ1) is 25.9. The number of pyridine rings is 1. The van der Waals surface area contributed by atoms with Gasteiger partial charge in [0.15, 0.2) is 17.2 Å². The third-order valence-electron chi connectivity index (χ3n) is 5.07. The summed E-state index contributed by atoms with van der Waals surface area (Å²) in [5, 5.41) is 24.3. The van der Waals surface area contributed by atoms with Crippen molar-refractivity contribution in [3.8, 4) is 17.1 Å². The molecule has 4 rings (SSSR count). The summed E-state index contributed by atoms with van der Waals surface area (Å²) in [7, 11) is 0. The quantitative estimate of drug-likeness (QED) is 0.269. The molecule has 0 bridgehead atoms. The number of para-hydroxylation sites is 2. The SMILES string of the molecule is O=C(O)CCNC(=O)c1cccn2c(-c3ccc(NC(=O)Nc4ccccc4OC(F)(F)F)cc3)nnc12. The number of benzene rings is 2. The second kappa shape index (κ2) is 10.9. The van der Waals surface area contributed by atoms with E-state index in [4.69, 9.17) is 5.11 Å². The Morgan fingerprint density at radius 2 is 1.68 bits per heavy atom. The molecule has 4 N–H and O–H groups in total. The maximum absolute atomic E-state index is 12.6. The highest BCUT2D eigenvalue weighted by Crippen LogP contribution is 2.30. The Labute approximate surface area is 212 Å². The lowest BCUT2D eigenvalue weighted by Crippen LogP contribution is -2.26. The van der Waals surface area contributed by atoms with Gasteiger partial charge in [-0.1, -0.05) is 12.1 Å². The molecule has 11 nitrogen and oxygen atoms in total. The minimum atomic E-state index is -4.92. The summed E-state index contributed by atoms with van der Waals surface area (Å²) in [6.07, 6.45) is -3.49. The topological polar surface area (TPSA) is 147 Å². The Hall–Kier alpha value is -5.14. The van der Waals surface area contributed by atoms with Crippen molar-refractivity contribution < 1.29 is 37.4 Å². The van der Waals surface area contributed by atoms with Crippen molar-refractivity contribution in [3.05, 3.63) is 72.4 Å². The molecule has 0 spiro atoms. The molecule has 0 atom stereocenters. The zero-order valence-electron chi connectivity index (χ0n) is 19.3. The maximum atomic E-state index is 12.6. The van der Waals surface area contributed by atoms with Crippen molar-refractivity contribution in [1.82, 2.24) is 19.9 Å². The van der Waals surface area contributed by atoms with Crippen LogP contribution in [0.1, 0.15) is 16.8 Å². The van der Waals surface area contributed by atoms with Crippen molar-refractivity contribution in [2.45, 2.75) is 12.8 Å². The number of carbonyl (C=O) groups is 3. The van der Waals surface area contributed by atoms with E-state index in [2.05, 4.69) is 30.9 Å². The number of anilines is 2. The van der Waals surface area contributed by atoms with Gasteiger partial charge in [0, 0.05) is 24.0 Å². The monoisotopic (exact) mass is 528 g/mol. The largest absolute Gasteiger partial charge is 0.573 e. The number of nitrogens with zero attached hydrogens (tertiary/aromatic N) is 3. The normalized spacial score (nSPS) is 11.1. The lowest BCUT2D eigenvalue weighted by atomic mass is 10.2. The van der Waals surface area contributed by atoms with Crippen LogP contribution < -0.4 is 20.7 Å². The van der Waals surface area contributed by atoms with Gasteiger partial charge < -0.3 is 25.8 Å². The van der Waals surface area contributed by atoms with E-state index >= 15 is 0 Å². The number of aromatic nitrogens is 3. The molecular formula is C24H19F3N6O5. The summed E-state index contributed by atoms with van der Waals surface area (Å²) in [5.41, 5.74) is 1.23. The number of urea groups is 1. The number of rotatable bonds is 8. The van der Waals surface area contributed by atoms with Crippen LogP contribution in [-0.4, -0.2) is 50.5 Å². The summed E-state index contributed by atoms with van der Waals surface area (Å²) in [5.74, 6) is -1.69. The summed E-state index contributed by atoms with van der Waals surface area (Å²) in [4.78, 5) is 35.5. The number of carbonyl (C=O) groups excluding carboxylic acids is 2. The van der Waals surface area contributed by atoms with Gasteiger partial charge in [0.05, 0.1) is 17.7 Å². The van der Waals surface area contributed by atoms with E-state index in [1.807, 2.05) is 0 Å². The standard InChI is InChI=1S/C24H19F3N6O5/c25-24(26,27)38-18-6-2-1-5-17(18)30-23(37)29-15-9-7-14(8-10-15)20-31-32-21-16(4-3-13-33(20)21)22(36)28-12-11-19(34)35/h1-10,13H,11-12H2,(H,28,36)(H,34,35)(H2,29,30,37). The molecule has 0 aliphatic heterocycles. The summed E-state index contributed by atoms with van der Waals surface area (Å²) in [6.45, 7) is -0.0425. The van der Waals surface area contributed by atoms with Gasteiger partial charge >= 0.3 is 18.4 Å². The highest BCUT2D eigenvalue weighted by molar-refractivity contribution is 6.01. The van der Waals surface area contributed by atoms with Gasteiger partial charge in [0.2, 0.25) is 0 Å². The van der Waals surface area contributed by atoms with Crippen molar-refractivity contribution in [2.24, 2.45) is 0 Å². The van der Waals surface area contributed by atoms with Crippen LogP contribution in [0.2, 0.25) is 0 Å². The van der Waals surface area contributed by atoms with E-state index in [-0.39, 0.29) is 29.9 Å². The average molecular weight is 528 g/mol. The number of amides is 3. The number of aliphatic carboxylic acids is 1. The van der Waals surface area contributed by atoms with Gasteiger partial charge in [-0.05, 0) is 48.5 Å². The number of halogens is 3. The molecule has 196 valence electrons. The molecule has 0 saturated carbocycles. The second-order valence-corrected chi connectivity index (χ2v) is 7.74. The first-order chi connectivity index (χ1) is 18.1. The van der Waals surface area contributed by atoms with Crippen molar-refractivity contribution in [1.29, 1.82) is 0 Å². The van der Waals surface area contributed by atoms with Gasteiger partial charge in [-0.3, -0.25) is 14.0 Å². The Morgan fingerprint density at radius 1 is 0.947 bits per heavy atom. The average Bonchev–Trinajstić information content (AvgIpc) is 3.29. The Bertz CT molecular complexity index is 1490. The van der Waals surface area contributed by atoms with E-state index in [1.165, 1.54) is 24.3 Å². The number of ether oxygens (including phenoxy) is 1. The van der Waals surface area contributed by atoms with Gasteiger partial charge in [-0.2, -0.15) is 0 Å². The fourth-order valence-electron chi connectivity index (χ4n) is 3.44. The molecule has 2 heterocycles. The summed E-state index contributed by atoms with van der Waals surface area (Å²) >= 11 is 0. The molecule has 0 fully saturated rings. The molecule has 2 aromatic carbocycles. The van der Waals surface area contributed by atoms with Gasteiger partial charge in [0.25, 0.3) is 5.91 Å². The van der Waals surface area contributed by atoms with Crippen LogP contribution in [0.15, 0.2) is 66.9 Å². The molecule has 0 unspecified atom stereocenters. The van der Waals surface area contributed by atoms with Crippen LogP contribution in [0.5, 0.6) is 5.75 Å². The molecule has 14 heteroatoms.